The second kappa shape index (κ2) is 20.4. The molecule has 0 saturated carbocycles. The fourth-order valence-electron chi connectivity index (χ4n) is 3.59. The quantitative estimate of drug-likeness (QED) is 0.0971. The molecule has 216 valence electrons. The number of carbonyl (C=O) groups excluding carboxylic acids is 2. The molecule has 1 amide bonds. The van der Waals surface area contributed by atoms with Crippen molar-refractivity contribution in [3.8, 4) is 11.5 Å². The topological polar surface area (TPSA) is 111 Å². The molecule has 11 heteroatoms. The second-order valence-corrected chi connectivity index (χ2v) is 10.9. The van der Waals surface area contributed by atoms with Crippen LogP contribution in [0, 0.1) is 0 Å². The first-order valence-corrected chi connectivity index (χ1v) is 15.3. The first-order valence-electron chi connectivity index (χ1n) is 13.3. The van der Waals surface area contributed by atoms with Crippen LogP contribution < -0.4 is 14.8 Å². The molecule has 1 rings (SSSR count). The minimum Gasteiger partial charge on any atom is -0.493 e. The summed E-state index contributed by atoms with van der Waals surface area (Å²) in [5, 5.41) is 2.78. The standard InChI is InChI=1S/C27H45NO9Si/c1-6-35-38(36-7-2,37-8-3)21-13-18-28-27(30)34-20-12-10-9-11-19-33-25-22-23(14-16-24(25)31-4)15-17-26(29)32-5/h14-17,22H,6-13,18-21H2,1-5H3,(H,28,30). The molecular formula is C27H45NO9Si. The lowest BCUT2D eigenvalue weighted by molar-refractivity contribution is -0.134. The normalized spacial score (nSPS) is 11.4. The van der Waals surface area contributed by atoms with Gasteiger partial charge in [-0.1, -0.05) is 6.07 Å². The van der Waals surface area contributed by atoms with Crippen molar-refractivity contribution < 1.29 is 41.8 Å². The molecule has 1 N–H and O–H groups in total. The number of hydrogen-bond donors (Lipinski definition) is 1. The van der Waals surface area contributed by atoms with Crippen LogP contribution in [0.5, 0.6) is 11.5 Å². The molecule has 10 nitrogen and oxygen atoms in total. The van der Waals surface area contributed by atoms with Gasteiger partial charge in [0.2, 0.25) is 0 Å². The molecule has 0 aliphatic carbocycles. The number of ether oxygens (including phenoxy) is 4. The van der Waals surface area contributed by atoms with Gasteiger partial charge in [0.15, 0.2) is 11.5 Å². The highest BCUT2D eigenvalue weighted by atomic mass is 28.4. The Kier molecular flexibility index (Phi) is 17.9. The molecular weight excluding hydrogens is 510 g/mol. The third-order valence-electron chi connectivity index (χ3n) is 5.35. The summed E-state index contributed by atoms with van der Waals surface area (Å²) in [4.78, 5) is 23.2. The van der Waals surface area contributed by atoms with E-state index in [2.05, 4.69) is 10.1 Å². The number of methoxy groups -OCH3 is 2. The van der Waals surface area contributed by atoms with Crippen LogP contribution >= 0.6 is 0 Å². The summed E-state index contributed by atoms with van der Waals surface area (Å²) in [5.41, 5.74) is 0.806. The summed E-state index contributed by atoms with van der Waals surface area (Å²) in [7, 11) is 0.233. The van der Waals surface area contributed by atoms with Gasteiger partial charge in [0, 0.05) is 38.5 Å². The Hall–Kier alpha value is -2.60. The van der Waals surface area contributed by atoms with Gasteiger partial charge in [-0.05, 0) is 76.6 Å². The van der Waals surface area contributed by atoms with Crippen molar-refractivity contribution in [2.24, 2.45) is 0 Å². The van der Waals surface area contributed by atoms with Gasteiger partial charge < -0.3 is 37.5 Å². The first kappa shape index (κ1) is 33.4. The Balaban J connectivity index is 2.22. The average molecular weight is 556 g/mol. The molecule has 0 unspecified atom stereocenters. The number of unbranched alkanes of at least 4 members (excludes halogenated alkanes) is 3. The Bertz CT molecular complexity index is 818. The number of benzene rings is 1. The van der Waals surface area contributed by atoms with Crippen LogP contribution in [0.25, 0.3) is 6.08 Å². The molecule has 0 radical (unpaired) electrons. The van der Waals surface area contributed by atoms with E-state index in [0.29, 0.717) is 63.5 Å². The van der Waals surface area contributed by atoms with Gasteiger partial charge in [0.1, 0.15) is 0 Å². The molecule has 38 heavy (non-hydrogen) atoms. The summed E-state index contributed by atoms with van der Waals surface area (Å²) in [6.07, 6.45) is 6.77. The van der Waals surface area contributed by atoms with Gasteiger partial charge in [0.05, 0.1) is 27.4 Å². The molecule has 0 fully saturated rings. The van der Waals surface area contributed by atoms with Gasteiger partial charge in [-0.25, -0.2) is 9.59 Å². The monoisotopic (exact) mass is 555 g/mol. The molecule has 0 bridgehead atoms. The lowest BCUT2D eigenvalue weighted by Crippen LogP contribution is -2.46. The smallest absolute Gasteiger partial charge is 0.493 e. The molecule has 1 aromatic carbocycles. The van der Waals surface area contributed by atoms with Gasteiger partial charge in [-0.2, -0.15) is 0 Å². The Labute approximate surface area is 228 Å². The summed E-state index contributed by atoms with van der Waals surface area (Å²) in [6, 6.07) is 6.09. The fraction of sp³-hybridized carbons (Fsp3) is 0.630. The summed E-state index contributed by atoms with van der Waals surface area (Å²) in [5.74, 6) is 0.819. The van der Waals surface area contributed by atoms with E-state index in [-0.39, 0.29) is 0 Å². The zero-order valence-electron chi connectivity index (χ0n) is 23.5. The van der Waals surface area contributed by atoms with Crippen LogP contribution in [0.4, 0.5) is 4.79 Å². The Morgan fingerprint density at radius 1 is 0.868 bits per heavy atom. The van der Waals surface area contributed by atoms with Crippen molar-refractivity contribution in [1.29, 1.82) is 0 Å². The second-order valence-electron chi connectivity index (χ2n) is 8.18. The van der Waals surface area contributed by atoms with E-state index in [1.54, 1.807) is 19.3 Å². The third-order valence-corrected chi connectivity index (χ3v) is 8.50. The van der Waals surface area contributed by atoms with E-state index in [1.807, 2.05) is 32.9 Å². The third kappa shape index (κ3) is 13.8. The van der Waals surface area contributed by atoms with E-state index in [1.165, 1.54) is 13.2 Å². The van der Waals surface area contributed by atoms with Crippen molar-refractivity contribution >= 4 is 26.9 Å². The van der Waals surface area contributed by atoms with Crippen molar-refractivity contribution in [2.75, 3.05) is 53.8 Å². The molecule has 0 aromatic heterocycles. The number of rotatable bonds is 21. The van der Waals surface area contributed by atoms with E-state index in [0.717, 1.165) is 31.2 Å². The number of esters is 1. The molecule has 0 spiro atoms. The maximum Gasteiger partial charge on any atom is 0.500 e. The van der Waals surface area contributed by atoms with E-state index >= 15 is 0 Å². The molecule has 0 aliphatic heterocycles. The number of amides is 1. The number of nitrogens with one attached hydrogen (secondary N) is 1. The van der Waals surface area contributed by atoms with Gasteiger partial charge in [-0.15, -0.1) is 0 Å². The highest BCUT2D eigenvalue weighted by Gasteiger charge is 2.39. The zero-order valence-corrected chi connectivity index (χ0v) is 24.5. The predicted octanol–water partition coefficient (Wildman–Crippen LogP) is 4.99. The molecule has 0 heterocycles. The van der Waals surface area contributed by atoms with Crippen LogP contribution in [0.2, 0.25) is 6.04 Å². The predicted molar refractivity (Wildman–Crippen MR) is 147 cm³/mol. The number of hydrogen-bond acceptors (Lipinski definition) is 9. The van der Waals surface area contributed by atoms with E-state index in [4.69, 9.17) is 27.5 Å². The van der Waals surface area contributed by atoms with Gasteiger partial charge >= 0.3 is 20.9 Å². The minimum atomic E-state index is -2.68. The number of alkyl carbamates (subject to hydrolysis) is 1. The van der Waals surface area contributed by atoms with Crippen molar-refractivity contribution in [1.82, 2.24) is 5.32 Å². The average Bonchev–Trinajstić information content (AvgIpc) is 2.91. The van der Waals surface area contributed by atoms with E-state index < -0.39 is 20.9 Å². The van der Waals surface area contributed by atoms with Crippen molar-refractivity contribution in [3.05, 3.63) is 29.8 Å². The van der Waals surface area contributed by atoms with E-state index in [9.17, 15) is 9.59 Å². The summed E-state index contributed by atoms with van der Waals surface area (Å²) >= 11 is 0. The first-order chi connectivity index (χ1) is 18.4. The maximum absolute atomic E-state index is 11.9. The van der Waals surface area contributed by atoms with Crippen LogP contribution in [0.1, 0.15) is 58.4 Å². The van der Waals surface area contributed by atoms with Crippen LogP contribution in [0.3, 0.4) is 0 Å². The Morgan fingerprint density at radius 3 is 2.13 bits per heavy atom. The highest BCUT2D eigenvalue weighted by molar-refractivity contribution is 6.60. The summed E-state index contributed by atoms with van der Waals surface area (Å²) in [6.45, 7) is 8.73. The summed E-state index contributed by atoms with van der Waals surface area (Å²) < 4.78 is 38.6. The maximum atomic E-state index is 11.9. The van der Waals surface area contributed by atoms with Crippen molar-refractivity contribution in [2.45, 2.75) is 58.9 Å². The number of carbonyl (C=O) groups is 2. The molecule has 0 saturated heterocycles. The van der Waals surface area contributed by atoms with Crippen molar-refractivity contribution in [3.63, 3.8) is 0 Å². The molecule has 0 atom stereocenters. The highest BCUT2D eigenvalue weighted by Crippen LogP contribution is 2.29. The lowest BCUT2D eigenvalue weighted by Gasteiger charge is -2.28. The van der Waals surface area contributed by atoms with Crippen LogP contribution in [-0.4, -0.2) is 74.7 Å². The molecule has 1 aromatic rings. The molecule has 0 aliphatic rings. The minimum absolute atomic E-state index is 0.366. The SMILES string of the molecule is CCO[Si](CCCNC(=O)OCCCCCCOc1cc(C=CC(=O)OC)ccc1OC)(OCC)OCC. The Morgan fingerprint density at radius 2 is 1.53 bits per heavy atom. The fourth-order valence-corrected chi connectivity index (χ4v) is 6.21. The zero-order chi connectivity index (χ0) is 28.1. The largest absolute Gasteiger partial charge is 0.500 e. The van der Waals surface area contributed by atoms with Gasteiger partial charge in [0.25, 0.3) is 0 Å². The van der Waals surface area contributed by atoms with Gasteiger partial charge in [-0.3, -0.25) is 0 Å². The van der Waals surface area contributed by atoms with Crippen LogP contribution in [0.15, 0.2) is 24.3 Å². The van der Waals surface area contributed by atoms with Crippen LogP contribution in [-0.2, 0) is 27.5 Å². The lowest BCUT2D eigenvalue weighted by atomic mass is 10.2.